The summed E-state index contributed by atoms with van der Waals surface area (Å²) < 4.78 is 0. The molecule has 3 N–H and O–H groups in total. The zero-order chi connectivity index (χ0) is 15.8. The van der Waals surface area contributed by atoms with E-state index in [4.69, 9.17) is 15.3 Å². The zero-order valence-corrected chi connectivity index (χ0v) is 14.2. The van der Waals surface area contributed by atoms with Crippen molar-refractivity contribution in [2.75, 3.05) is 0 Å². The summed E-state index contributed by atoms with van der Waals surface area (Å²) in [5.74, 6) is -2.46. The van der Waals surface area contributed by atoms with E-state index in [0.717, 1.165) is 12.8 Å². The molecule has 0 heterocycles. The van der Waals surface area contributed by atoms with Gasteiger partial charge in [0.25, 0.3) is 5.97 Å². The van der Waals surface area contributed by atoms with Crippen LogP contribution in [0.4, 0.5) is 0 Å². The first kappa shape index (κ1) is 20.9. The minimum atomic E-state index is -2.46. The number of aliphatic hydroxyl groups is 3. The van der Waals surface area contributed by atoms with Crippen LogP contribution in [0.5, 0.6) is 0 Å². The zero-order valence-electron chi connectivity index (χ0n) is 14.2. The highest BCUT2D eigenvalue weighted by molar-refractivity contribution is 4.51. The predicted molar refractivity (Wildman–Crippen MR) is 88.9 cm³/mol. The molecular weight excluding hydrogens is 264 g/mol. The van der Waals surface area contributed by atoms with Gasteiger partial charge in [-0.05, 0) is 6.42 Å². The van der Waals surface area contributed by atoms with Crippen LogP contribution in [0.1, 0.15) is 110 Å². The third-order valence-electron chi connectivity index (χ3n) is 4.12. The summed E-state index contributed by atoms with van der Waals surface area (Å²) in [7, 11) is 0. The van der Waals surface area contributed by atoms with E-state index in [1.807, 2.05) is 0 Å². The van der Waals surface area contributed by atoms with Gasteiger partial charge < -0.3 is 15.3 Å². The molecule has 0 bridgehead atoms. The van der Waals surface area contributed by atoms with Crippen LogP contribution in [-0.4, -0.2) is 21.3 Å². The lowest BCUT2D eigenvalue weighted by molar-refractivity contribution is -0.315. The lowest BCUT2D eigenvalue weighted by Crippen LogP contribution is -2.26. The lowest BCUT2D eigenvalue weighted by Gasteiger charge is -2.12. The molecule has 0 aliphatic heterocycles. The molecule has 128 valence electrons. The fraction of sp³-hybridized carbons (Fsp3) is 1.00. The Morgan fingerprint density at radius 1 is 0.476 bits per heavy atom. The van der Waals surface area contributed by atoms with Gasteiger partial charge in [-0.2, -0.15) is 0 Å². The Kier molecular flexibility index (Phi) is 14.7. The molecule has 3 nitrogen and oxygen atoms in total. The second kappa shape index (κ2) is 14.8. The lowest BCUT2D eigenvalue weighted by atomic mass is 10.0. The minimum absolute atomic E-state index is 0.0608. The van der Waals surface area contributed by atoms with Crippen molar-refractivity contribution in [1.82, 2.24) is 0 Å². The van der Waals surface area contributed by atoms with Crippen LogP contribution in [0.15, 0.2) is 0 Å². The van der Waals surface area contributed by atoms with Crippen molar-refractivity contribution in [3.05, 3.63) is 0 Å². The molecule has 0 rings (SSSR count). The van der Waals surface area contributed by atoms with Gasteiger partial charge in [-0.25, -0.2) is 0 Å². The summed E-state index contributed by atoms with van der Waals surface area (Å²) in [5.41, 5.74) is 0. The van der Waals surface area contributed by atoms with Crippen LogP contribution >= 0.6 is 0 Å². The highest BCUT2D eigenvalue weighted by atomic mass is 16.7. The van der Waals surface area contributed by atoms with Crippen LogP contribution in [0, 0.1) is 0 Å². The first-order valence-electron chi connectivity index (χ1n) is 9.23. The average molecular weight is 302 g/mol. The SMILES string of the molecule is CCCCCCCCCCCCCCCCCC(O)(O)O. The third kappa shape index (κ3) is 19.9. The molecule has 0 aromatic rings. The van der Waals surface area contributed by atoms with Crippen LogP contribution in [0.2, 0.25) is 0 Å². The topological polar surface area (TPSA) is 60.7 Å². The van der Waals surface area contributed by atoms with E-state index >= 15 is 0 Å². The standard InChI is InChI=1S/C18H38O3/c1-2-3-4-5-6-7-8-9-10-11-12-13-14-15-16-17-18(19,20)21/h19-21H,2-17H2,1H3. The van der Waals surface area contributed by atoms with Gasteiger partial charge in [0.2, 0.25) is 0 Å². The Bertz CT molecular complexity index is 199. The molecule has 21 heavy (non-hydrogen) atoms. The van der Waals surface area contributed by atoms with Crippen molar-refractivity contribution in [3.8, 4) is 0 Å². The molecule has 0 saturated heterocycles. The number of rotatable bonds is 16. The van der Waals surface area contributed by atoms with E-state index in [-0.39, 0.29) is 6.42 Å². The van der Waals surface area contributed by atoms with Crippen molar-refractivity contribution in [2.24, 2.45) is 0 Å². The number of hydrogen-bond donors (Lipinski definition) is 3. The predicted octanol–water partition coefficient (Wildman–Crippen LogP) is 4.88. The molecule has 0 aromatic carbocycles. The molecule has 0 aliphatic carbocycles. The first-order chi connectivity index (χ1) is 10.1. The summed E-state index contributed by atoms with van der Waals surface area (Å²) in [6.07, 6.45) is 19.3. The highest BCUT2D eigenvalue weighted by Gasteiger charge is 2.16. The fourth-order valence-corrected chi connectivity index (χ4v) is 2.73. The van der Waals surface area contributed by atoms with Gasteiger partial charge in [-0.15, -0.1) is 0 Å². The molecule has 3 heteroatoms. The average Bonchev–Trinajstić information content (AvgIpc) is 2.42. The number of unbranched alkanes of at least 4 members (excludes halogenated alkanes) is 14. The van der Waals surface area contributed by atoms with Gasteiger partial charge in [0.05, 0.1) is 0 Å². The van der Waals surface area contributed by atoms with E-state index in [2.05, 4.69) is 6.92 Å². The summed E-state index contributed by atoms with van der Waals surface area (Å²) in [6, 6.07) is 0. The molecule has 0 radical (unpaired) electrons. The summed E-state index contributed by atoms with van der Waals surface area (Å²) in [4.78, 5) is 0. The fourth-order valence-electron chi connectivity index (χ4n) is 2.73. The van der Waals surface area contributed by atoms with Crippen LogP contribution in [-0.2, 0) is 0 Å². The van der Waals surface area contributed by atoms with Crippen molar-refractivity contribution in [2.45, 2.75) is 116 Å². The van der Waals surface area contributed by atoms with Gasteiger partial charge in [0.15, 0.2) is 0 Å². The first-order valence-corrected chi connectivity index (χ1v) is 9.23. The maximum Gasteiger partial charge on any atom is 0.275 e. The normalized spacial score (nSPS) is 12.0. The van der Waals surface area contributed by atoms with E-state index in [9.17, 15) is 0 Å². The maximum absolute atomic E-state index is 8.73. The van der Waals surface area contributed by atoms with Crippen molar-refractivity contribution in [1.29, 1.82) is 0 Å². The maximum atomic E-state index is 8.73. The Labute approximate surface area is 131 Å². The molecule has 0 spiro atoms. The van der Waals surface area contributed by atoms with Crippen molar-refractivity contribution >= 4 is 0 Å². The van der Waals surface area contributed by atoms with Gasteiger partial charge >= 0.3 is 0 Å². The minimum Gasteiger partial charge on any atom is -0.344 e. The quantitative estimate of drug-likeness (QED) is 0.281. The van der Waals surface area contributed by atoms with Gasteiger partial charge in [-0.3, -0.25) is 0 Å². The molecular formula is C18H38O3. The van der Waals surface area contributed by atoms with Gasteiger partial charge in [-0.1, -0.05) is 96.8 Å². The Balaban J connectivity index is 3.00. The molecule has 0 saturated carbocycles. The summed E-state index contributed by atoms with van der Waals surface area (Å²) in [5, 5.41) is 26.2. The van der Waals surface area contributed by atoms with Crippen molar-refractivity contribution < 1.29 is 15.3 Å². The molecule has 0 fully saturated rings. The van der Waals surface area contributed by atoms with Crippen molar-refractivity contribution in [3.63, 3.8) is 0 Å². The van der Waals surface area contributed by atoms with Crippen LogP contribution in [0.25, 0.3) is 0 Å². The number of hydrogen-bond acceptors (Lipinski definition) is 3. The summed E-state index contributed by atoms with van der Waals surface area (Å²) in [6.45, 7) is 2.26. The smallest absolute Gasteiger partial charge is 0.275 e. The van der Waals surface area contributed by atoms with Gasteiger partial charge in [0.1, 0.15) is 0 Å². The van der Waals surface area contributed by atoms with E-state index < -0.39 is 5.97 Å². The second-order valence-corrected chi connectivity index (χ2v) is 6.47. The third-order valence-corrected chi connectivity index (χ3v) is 4.12. The monoisotopic (exact) mass is 302 g/mol. The van der Waals surface area contributed by atoms with E-state index in [0.29, 0.717) is 6.42 Å². The Morgan fingerprint density at radius 3 is 1.05 bits per heavy atom. The highest BCUT2D eigenvalue weighted by Crippen LogP contribution is 2.14. The molecule has 0 aliphatic rings. The molecule has 0 amide bonds. The van der Waals surface area contributed by atoms with Gasteiger partial charge in [0, 0.05) is 6.42 Å². The Hall–Kier alpha value is -0.120. The summed E-state index contributed by atoms with van der Waals surface area (Å²) >= 11 is 0. The Morgan fingerprint density at radius 2 is 0.762 bits per heavy atom. The largest absolute Gasteiger partial charge is 0.344 e. The second-order valence-electron chi connectivity index (χ2n) is 6.47. The molecule has 0 unspecified atom stereocenters. The molecule has 0 atom stereocenters. The van der Waals surface area contributed by atoms with E-state index in [1.165, 1.54) is 77.0 Å². The van der Waals surface area contributed by atoms with Crippen LogP contribution in [0.3, 0.4) is 0 Å². The van der Waals surface area contributed by atoms with Crippen LogP contribution < -0.4 is 0 Å². The van der Waals surface area contributed by atoms with E-state index in [1.54, 1.807) is 0 Å². The molecule has 0 aromatic heterocycles.